The maximum Gasteiger partial charge on any atom is 0.434 e. The summed E-state index contributed by atoms with van der Waals surface area (Å²) in [5.41, 5.74) is -0.716. The minimum atomic E-state index is -4.72. The zero-order valence-electron chi connectivity index (χ0n) is 13.1. The summed E-state index contributed by atoms with van der Waals surface area (Å²) >= 11 is 0.928. The summed E-state index contributed by atoms with van der Waals surface area (Å²) in [4.78, 5) is 3.29. The molecule has 26 heavy (non-hydrogen) atoms. The first-order valence-corrected chi connectivity index (χ1v) is 9.45. The van der Waals surface area contributed by atoms with E-state index in [1.165, 1.54) is 24.4 Å². The zero-order valence-corrected chi connectivity index (χ0v) is 14.7. The third kappa shape index (κ3) is 3.37. The standard InChI is InChI=1S/C15H11F4N3O2S2/c1-8-7-25-13(12(8)16)14-21-11(15(17,18)19)6-22(14)9-2-4-10(5-3-9)26(20,23)24/h2-7H,1H3,(H2,20,23,24). The number of imidazole rings is 1. The number of hydrogen-bond acceptors (Lipinski definition) is 4. The van der Waals surface area contributed by atoms with Gasteiger partial charge in [0.05, 0.1) is 4.90 Å². The van der Waals surface area contributed by atoms with Gasteiger partial charge in [-0.2, -0.15) is 13.2 Å². The molecule has 0 unspecified atom stereocenters. The summed E-state index contributed by atoms with van der Waals surface area (Å²) in [5, 5.41) is 6.48. The molecule has 0 saturated carbocycles. The van der Waals surface area contributed by atoms with Gasteiger partial charge in [0.2, 0.25) is 10.0 Å². The van der Waals surface area contributed by atoms with E-state index in [-0.39, 0.29) is 26.8 Å². The lowest BCUT2D eigenvalue weighted by molar-refractivity contribution is -0.140. The molecule has 2 aromatic heterocycles. The fraction of sp³-hybridized carbons (Fsp3) is 0.133. The normalized spacial score (nSPS) is 12.5. The summed E-state index contributed by atoms with van der Waals surface area (Å²) in [6, 6.07) is 4.84. The predicted molar refractivity (Wildman–Crippen MR) is 87.9 cm³/mol. The Kier molecular flexibility index (Phi) is 4.41. The van der Waals surface area contributed by atoms with Crippen molar-refractivity contribution in [1.29, 1.82) is 0 Å². The van der Waals surface area contributed by atoms with Gasteiger partial charge < -0.3 is 0 Å². The van der Waals surface area contributed by atoms with Gasteiger partial charge in [-0.3, -0.25) is 4.57 Å². The second kappa shape index (κ2) is 6.18. The second-order valence-electron chi connectivity index (χ2n) is 5.42. The fourth-order valence-corrected chi connectivity index (χ4v) is 3.68. The number of rotatable bonds is 3. The van der Waals surface area contributed by atoms with Crippen LogP contribution in [0.3, 0.4) is 0 Å². The zero-order chi connectivity index (χ0) is 19.3. The monoisotopic (exact) mass is 405 g/mol. The first-order valence-electron chi connectivity index (χ1n) is 7.02. The largest absolute Gasteiger partial charge is 0.434 e. The molecule has 1 aromatic carbocycles. The molecular weight excluding hydrogens is 394 g/mol. The van der Waals surface area contributed by atoms with Crippen molar-refractivity contribution in [2.75, 3.05) is 0 Å². The van der Waals surface area contributed by atoms with E-state index in [1.807, 2.05) is 0 Å². The lowest BCUT2D eigenvalue weighted by Crippen LogP contribution is -2.12. The maximum atomic E-state index is 14.2. The number of aryl methyl sites for hydroxylation is 1. The van der Waals surface area contributed by atoms with E-state index in [0.717, 1.165) is 34.2 Å². The quantitative estimate of drug-likeness (QED) is 0.675. The van der Waals surface area contributed by atoms with Gasteiger partial charge in [0.1, 0.15) is 10.7 Å². The van der Waals surface area contributed by atoms with Crippen molar-refractivity contribution in [1.82, 2.24) is 9.55 Å². The number of aromatic nitrogens is 2. The highest BCUT2D eigenvalue weighted by atomic mass is 32.2. The van der Waals surface area contributed by atoms with E-state index in [1.54, 1.807) is 0 Å². The third-order valence-electron chi connectivity index (χ3n) is 3.54. The van der Waals surface area contributed by atoms with Crippen LogP contribution in [0.15, 0.2) is 40.7 Å². The Morgan fingerprint density at radius 3 is 2.27 bits per heavy atom. The van der Waals surface area contributed by atoms with Crippen LogP contribution in [0.25, 0.3) is 16.4 Å². The molecule has 0 bridgehead atoms. The lowest BCUT2D eigenvalue weighted by Gasteiger charge is -2.07. The molecule has 5 nitrogen and oxygen atoms in total. The average molecular weight is 405 g/mol. The number of thiophene rings is 1. The summed E-state index contributed by atoms with van der Waals surface area (Å²) in [5.74, 6) is -0.881. The van der Waals surface area contributed by atoms with Gasteiger partial charge in [-0.05, 0) is 42.1 Å². The van der Waals surface area contributed by atoms with Crippen molar-refractivity contribution in [3.63, 3.8) is 0 Å². The van der Waals surface area contributed by atoms with Crippen molar-refractivity contribution in [2.45, 2.75) is 18.0 Å². The van der Waals surface area contributed by atoms with Crippen LogP contribution in [-0.2, 0) is 16.2 Å². The van der Waals surface area contributed by atoms with Crippen molar-refractivity contribution in [3.05, 3.63) is 52.9 Å². The molecule has 0 saturated heterocycles. The Bertz CT molecular complexity index is 1070. The Balaban J connectivity index is 2.20. The van der Waals surface area contributed by atoms with Crippen LogP contribution in [0, 0.1) is 12.7 Å². The Labute approximate surface area is 149 Å². The van der Waals surface area contributed by atoms with E-state index < -0.39 is 27.7 Å². The van der Waals surface area contributed by atoms with Crippen LogP contribution in [-0.4, -0.2) is 18.0 Å². The first-order chi connectivity index (χ1) is 12.0. The van der Waals surface area contributed by atoms with Crippen molar-refractivity contribution in [3.8, 4) is 16.4 Å². The van der Waals surface area contributed by atoms with Crippen molar-refractivity contribution < 1.29 is 26.0 Å². The molecule has 2 N–H and O–H groups in total. The number of nitrogens with zero attached hydrogens (tertiary/aromatic N) is 2. The van der Waals surface area contributed by atoms with E-state index in [4.69, 9.17) is 5.14 Å². The minimum Gasteiger partial charge on any atom is -0.298 e. The number of nitrogens with two attached hydrogens (primary N) is 1. The topological polar surface area (TPSA) is 78.0 Å². The summed E-state index contributed by atoms with van der Waals surface area (Å²) in [6.07, 6.45) is -3.99. The molecule has 0 aliphatic rings. The molecule has 0 aliphatic carbocycles. The molecule has 0 spiro atoms. The lowest BCUT2D eigenvalue weighted by atomic mass is 10.3. The SMILES string of the molecule is Cc1csc(-c2nc(C(F)(F)F)cn2-c2ccc(S(N)(=O)=O)cc2)c1F. The highest BCUT2D eigenvalue weighted by molar-refractivity contribution is 7.89. The van der Waals surface area contributed by atoms with E-state index in [9.17, 15) is 26.0 Å². The molecule has 11 heteroatoms. The molecule has 3 aromatic rings. The van der Waals surface area contributed by atoms with Gasteiger partial charge in [-0.15, -0.1) is 11.3 Å². The number of hydrogen-bond donors (Lipinski definition) is 1. The highest BCUT2D eigenvalue weighted by Crippen LogP contribution is 2.36. The molecule has 0 aliphatic heterocycles. The summed E-state index contributed by atoms with van der Waals surface area (Å²) in [7, 11) is -3.95. The number of halogens is 4. The third-order valence-corrected chi connectivity index (χ3v) is 5.54. The first kappa shape index (κ1) is 18.5. The van der Waals surface area contributed by atoms with Crippen LogP contribution < -0.4 is 5.14 Å². The number of sulfonamides is 1. The molecule has 0 amide bonds. The van der Waals surface area contributed by atoms with E-state index in [0.29, 0.717) is 0 Å². The smallest absolute Gasteiger partial charge is 0.298 e. The van der Waals surface area contributed by atoms with E-state index in [2.05, 4.69) is 4.98 Å². The number of benzene rings is 1. The molecule has 3 rings (SSSR count). The Morgan fingerprint density at radius 2 is 1.81 bits per heavy atom. The van der Waals surface area contributed by atoms with Crippen LogP contribution in [0.4, 0.5) is 17.6 Å². The van der Waals surface area contributed by atoms with Gasteiger partial charge >= 0.3 is 6.18 Å². The van der Waals surface area contributed by atoms with Crippen LogP contribution in [0.1, 0.15) is 11.3 Å². The molecule has 138 valence electrons. The van der Waals surface area contributed by atoms with Crippen LogP contribution in [0.5, 0.6) is 0 Å². The van der Waals surface area contributed by atoms with Gasteiger partial charge in [0, 0.05) is 11.9 Å². The van der Waals surface area contributed by atoms with Gasteiger partial charge in [-0.1, -0.05) is 0 Å². The summed E-state index contributed by atoms with van der Waals surface area (Å²) in [6.45, 7) is 1.49. The fourth-order valence-electron chi connectivity index (χ4n) is 2.25. The van der Waals surface area contributed by atoms with Crippen LogP contribution in [0.2, 0.25) is 0 Å². The Morgan fingerprint density at radius 1 is 1.19 bits per heavy atom. The average Bonchev–Trinajstić information content (AvgIpc) is 3.11. The van der Waals surface area contributed by atoms with Crippen LogP contribution >= 0.6 is 11.3 Å². The Hall–Kier alpha value is -2.24. The second-order valence-corrected chi connectivity index (χ2v) is 7.86. The van der Waals surface area contributed by atoms with Gasteiger partial charge in [0.15, 0.2) is 11.5 Å². The molecular formula is C15H11F4N3O2S2. The van der Waals surface area contributed by atoms with Crippen molar-refractivity contribution >= 4 is 21.4 Å². The predicted octanol–water partition coefficient (Wildman–Crippen LogP) is 3.71. The van der Waals surface area contributed by atoms with E-state index >= 15 is 0 Å². The number of alkyl halides is 3. The molecule has 0 atom stereocenters. The molecule has 2 heterocycles. The summed E-state index contributed by atoms with van der Waals surface area (Å²) < 4.78 is 77.2. The van der Waals surface area contributed by atoms with Crippen molar-refractivity contribution in [2.24, 2.45) is 5.14 Å². The number of primary sulfonamides is 1. The van der Waals surface area contributed by atoms with Gasteiger partial charge in [0.25, 0.3) is 0 Å². The minimum absolute atomic E-state index is 0.0477. The molecule has 0 fully saturated rings. The molecule has 0 radical (unpaired) electrons. The van der Waals surface area contributed by atoms with Gasteiger partial charge in [-0.25, -0.2) is 22.9 Å². The maximum absolute atomic E-state index is 14.2. The highest BCUT2D eigenvalue weighted by Gasteiger charge is 2.35.